The normalized spacial score (nSPS) is 12.3. The van der Waals surface area contributed by atoms with Crippen LogP contribution >= 0.6 is 0 Å². The summed E-state index contributed by atoms with van der Waals surface area (Å²) in [7, 11) is 1.42. The number of aromatic carboxylic acids is 2. The monoisotopic (exact) mass is 597 g/mol. The third kappa shape index (κ3) is 7.08. The average Bonchev–Trinajstić information content (AvgIpc) is 3.03. The molecule has 220 valence electrons. The zero-order valence-corrected chi connectivity index (χ0v) is 21.6. The number of carbonyl (C=O) groups excluding carboxylic acids is 2. The number of rotatable bonds is 11. The summed E-state index contributed by atoms with van der Waals surface area (Å²) in [6, 6.07) is 3.88. The number of ether oxygens (including phenoxy) is 2. The minimum Gasteiger partial charge on any atom is -0.478 e. The summed E-state index contributed by atoms with van der Waals surface area (Å²) < 4.78 is 19.3. The molecule has 0 aromatic carbocycles. The Balaban J connectivity index is 1.51. The molecule has 20 nitrogen and oxygen atoms in total. The van der Waals surface area contributed by atoms with Crippen LogP contribution in [-0.4, -0.2) is 93.5 Å². The van der Waals surface area contributed by atoms with Gasteiger partial charge in [0.1, 0.15) is 0 Å². The molecule has 0 aliphatic heterocycles. The first-order chi connectivity index (χ1) is 21.0. The zero-order valence-electron chi connectivity index (χ0n) is 22.6. The molecule has 4 aromatic heterocycles. The van der Waals surface area contributed by atoms with Crippen LogP contribution in [0.25, 0.3) is 11.9 Å². The topological polar surface area (TPSA) is 291 Å². The van der Waals surface area contributed by atoms with E-state index in [9.17, 15) is 39.6 Å². The summed E-state index contributed by atoms with van der Waals surface area (Å²) in [5.41, 5.74) is 1.58. The number of nitrogens with one attached hydrogen (secondary N) is 1. The molecule has 2 unspecified atom stereocenters. The molecule has 4 rings (SSSR count). The third-order valence-electron chi connectivity index (χ3n) is 5.15. The van der Waals surface area contributed by atoms with Gasteiger partial charge in [-0.25, -0.2) is 28.3 Å². The van der Waals surface area contributed by atoms with Gasteiger partial charge in [-0.1, -0.05) is 0 Å². The van der Waals surface area contributed by atoms with Crippen LogP contribution in [0, 0.1) is 0 Å². The highest BCUT2D eigenvalue weighted by atomic mass is 16.6. The SMILES string of the molecule is [2H]Nc1nc(OC(=O)C(O)C(O)C(=O)Oc2nc(NC)nc(-[n+]3cccc(C(=O)O)c3)n2)nc(-[n+]2cccc(C(=O)O)c2)n1. The van der Waals surface area contributed by atoms with Crippen LogP contribution in [0.1, 0.15) is 20.7 Å². The van der Waals surface area contributed by atoms with Gasteiger partial charge in [-0.3, -0.25) is 0 Å². The molecule has 0 spiro atoms. The lowest BCUT2D eigenvalue weighted by atomic mass is 10.2. The Labute approximate surface area is 240 Å². The van der Waals surface area contributed by atoms with Gasteiger partial charge >= 0.3 is 59.7 Å². The number of nitrogen functional groups attached to an aromatic ring is 1. The summed E-state index contributed by atoms with van der Waals surface area (Å²) >= 11 is 0. The van der Waals surface area contributed by atoms with E-state index in [0.717, 1.165) is 10.8 Å². The number of nitrogens with zero attached hydrogens (tertiary/aromatic N) is 8. The number of esters is 2. The van der Waals surface area contributed by atoms with E-state index in [1.54, 1.807) is 0 Å². The molecule has 2 atom stereocenters. The Morgan fingerprint density at radius 2 is 1.30 bits per heavy atom. The Kier molecular flexibility index (Phi) is 8.21. The second-order valence-corrected chi connectivity index (χ2v) is 8.08. The minimum absolute atomic E-state index is 0.113. The lowest BCUT2D eigenvalue weighted by Gasteiger charge is -2.13. The molecule has 43 heavy (non-hydrogen) atoms. The van der Waals surface area contributed by atoms with Crippen LogP contribution < -0.4 is 29.7 Å². The maximum Gasteiger partial charge on any atom is 0.446 e. The van der Waals surface area contributed by atoms with E-state index in [1.165, 1.54) is 54.5 Å². The van der Waals surface area contributed by atoms with Gasteiger partial charge in [0.15, 0.2) is 13.6 Å². The molecule has 0 aliphatic carbocycles. The first kappa shape index (κ1) is 28.3. The molecule has 4 aromatic rings. The molecule has 0 bridgehead atoms. The van der Waals surface area contributed by atoms with E-state index < -0.39 is 54.1 Å². The maximum atomic E-state index is 12.6. The highest BCUT2D eigenvalue weighted by molar-refractivity contribution is 5.87. The van der Waals surface area contributed by atoms with Gasteiger partial charge in [-0.05, 0) is 44.2 Å². The molecule has 0 fully saturated rings. The smallest absolute Gasteiger partial charge is 0.446 e. The number of aromatic nitrogens is 8. The molecular formula is C23H20N10O10+2. The van der Waals surface area contributed by atoms with Gasteiger partial charge in [-0.2, -0.15) is 0 Å². The lowest BCUT2D eigenvalue weighted by molar-refractivity contribution is -0.604. The van der Waals surface area contributed by atoms with E-state index in [-0.39, 0.29) is 29.0 Å². The highest BCUT2D eigenvalue weighted by Gasteiger charge is 2.36. The first-order valence-corrected chi connectivity index (χ1v) is 11.7. The van der Waals surface area contributed by atoms with E-state index in [2.05, 4.69) is 35.2 Å². The van der Waals surface area contributed by atoms with E-state index >= 15 is 0 Å². The van der Waals surface area contributed by atoms with Crippen LogP contribution in [0.3, 0.4) is 0 Å². The number of carboxylic acid groups (broad SMARTS) is 2. The van der Waals surface area contributed by atoms with Gasteiger partial charge in [0.2, 0.25) is 0 Å². The molecule has 0 saturated heterocycles. The van der Waals surface area contributed by atoms with Crippen molar-refractivity contribution in [1.82, 2.24) is 29.9 Å². The third-order valence-corrected chi connectivity index (χ3v) is 5.15. The highest BCUT2D eigenvalue weighted by Crippen LogP contribution is 2.12. The fraction of sp³-hybridized carbons (Fsp3) is 0.130. The fourth-order valence-electron chi connectivity index (χ4n) is 3.14. The maximum absolute atomic E-state index is 12.6. The number of carbonyl (C=O) groups is 4. The average molecular weight is 597 g/mol. The standard InChI is InChI=1S/C23H18N10O10/c1-25-19-28-21(33-7-3-5-11(9-33)15(38)39)31-23(29-19)43-17(41)13(35)12(34)16(40)42-22-27-18(24)26-20(30-22)32-6-2-4-10(8-32)14(36)37/h2-9,12-13,34-35H,1H3,(H3-2,24,25,26,27,28,29,30,31,36,37,38,39)/p+2/i/hD. The molecule has 0 saturated carbocycles. The minimum atomic E-state index is -2.55. The first-order valence-electron chi connectivity index (χ1n) is 12.2. The molecule has 0 aliphatic rings. The molecule has 4 heterocycles. The van der Waals surface area contributed by atoms with Crippen molar-refractivity contribution in [3.63, 3.8) is 0 Å². The zero-order chi connectivity index (χ0) is 32.0. The van der Waals surface area contributed by atoms with Crippen LogP contribution in [0.15, 0.2) is 49.1 Å². The van der Waals surface area contributed by atoms with Crippen molar-refractivity contribution >= 4 is 35.8 Å². The van der Waals surface area contributed by atoms with Crippen molar-refractivity contribution < 1.29 is 59.6 Å². The number of nitrogens with two attached hydrogens (primary N) is 1. The predicted octanol–water partition coefficient (Wildman–Crippen LogP) is -3.14. The number of hydrogen-bond donors (Lipinski definition) is 6. The number of pyridine rings is 2. The number of carboxylic acids is 2. The van der Waals surface area contributed by atoms with E-state index in [1.807, 2.05) is 5.73 Å². The number of aliphatic hydroxyl groups is 2. The van der Waals surface area contributed by atoms with E-state index in [0.29, 0.717) is 0 Å². The van der Waals surface area contributed by atoms with Gasteiger partial charge in [0.25, 0.3) is 0 Å². The second kappa shape index (κ2) is 12.5. The van der Waals surface area contributed by atoms with Crippen molar-refractivity contribution in [1.29, 1.82) is 0 Å². The largest absolute Gasteiger partial charge is 0.478 e. The quantitative estimate of drug-likeness (QED) is 0.0735. The molecule has 7 N–H and O–H groups in total. The van der Waals surface area contributed by atoms with Crippen molar-refractivity contribution in [2.45, 2.75) is 12.2 Å². The summed E-state index contributed by atoms with van der Waals surface area (Å²) in [5.74, 6) is -6.78. The Hall–Kier alpha value is -6.28. The van der Waals surface area contributed by atoms with Crippen LogP contribution in [0.5, 0.6) is 12.0 Å². The van der Waals surface area contributed by atoms with Crippen molar-refractivity contribution in [3.05, 3.63) is 60.2 Å². The predicted molar refractivity (Wildman–Crippen MR) is 134 cm³/mol. The van der Waals surface area contributed by atoms with Crippen molar-refractivity contribution in [2.75, 3.05) is 18.1 Å². The van der Waals surface area contributed by atoms with Crippen LogP contribution in [0.2, 0.25) is 1.41 Å². The van der Waals surface area contributed by atoms with Gasteiger partial charge in [-0.15, -0.1) is 9.97 Å². The molecule has 0 radical (unpaired) electrons. The van der Waals surface area contributed by atoms with Crippen molar-refractivity contribution in [3.8, 4) is 23.9 Å². The Morgan fingerprint density at radius 1 is 0.814 bits per heavy atom. The molecule has 20 heteroatoms. The number of aliphatic hydroxyl groups excluding tert-OH is 2. The van der Waals surface area contributed by atoms with E-state index in [4.69, 9.17) is 10.9 Å². The Bertz CT molecular complexity index is 1630. The summed E-state index contributed by atoms with van der Waals surface area (Å²) in [6.45, 7) is 0. The summed E-state index contributed by atoms with van der Waals surface area (Å²) in [5, 5.41) is 41.6. The number of anilines is 2. The van der Waals surface area contributed by atoms with Gasteiger partial charge in [0, 0.05) is 7.05 Å². The van der Waals surface area contributed by atoms with Crippen LogP contribution in [0.4, 0.5) is 11.9 Å². The van der Waals surface area contributed by atoms with Gasteiger partial charge in [0.05, 0.1) is 35.9 Å². The van der Waals surface area contributed by atoms with Crippen LogP contribution in [-0.2, 0) is 9.59 Å². The van der Waals surface area contributed by atoms with Crippen molar-refractivity contribution in [2.24, 2.45) is 0 Å². The lowest BCUT2D eigenvalue weighted by Crippen LogP contribution is -2.44. The summed E-state index contributed by atoms with van der Waals surface area (Å²) in [4.78, 5) is 70.7. The molecular weight excluding hydrogens is 576 g/mol. The summed E-state index contributed by atoms with van der Waals surface area (Å²) in [6.07, 6.45) is -0.0446. The van der Waals surface area contributed by atoms with Gasteiger partial charge < -0.3 is 40.9 Å². The fourth-order valence-corrected chi connectivity index (χ4v) is 3.14. The molecule has 0 amide bonds. The second-order valence-electron chi connectivity index (χ2n) is 8.08. The Morgan fingerprint density at radius 3 is 1.77 bits per heavy atom. The number of hydrogen-bond acceptors (Lipinski definition) is 16.